The lowest BCUT2D eigenvalue weighted by atomic mass is 9.99. The van der Waals surface area contributed by atoms with Gasteiger partial charge in [-0.3, -0.25) is 19.6 Å². The molecule has 1 atom stereocenters. The summed E-state index contributed by atoms with van der Waals surface area (Å²) in [5.74, 6) is -3.14. The van der Waals surface area contributed by atoms with Crippen LogP contribution >= 0.6 is 27.3 Å². The van der Waals surface area contributed by atoms with Crippen LogP contribution in [0.3, 0.4) is 0 Å². The highest BCUT2D eigenvalue weighted by molar-refractivity contribution is 9.10. The molecule has 1 saturated heterocycles. The quantitative estimate of drug-likeness (QED) is 0.202. The van der Waals surface area contributed by atoms with Crippen LogP contribution < -0.4 is 4.90 Å². The molecule has 1 fully saturated rings. The van der Waals surface area contributed by atoms with Crippen LogP contribution in [0.25, 0.3) is 16.7 Å². The number of carboxylic acid groups (broad SMARTS) is 1. The van der Waals surface area contributed by atoms with Gasteiger partial charge in [-0.25, -0.2) is 4.79 Å². The molecule has 1 aliphatic rings. The molecular formula is C23H14BrN3O5S. The van der Waals surface area contributed by atoms with Crippen LogP contribution in [-0.4, -0.2) is 38.1 Å². The van der Waals surface area contributed by atoms with E-state index in [0.717, 1.165) is 4.47 Å². The van der Waals surface area contributed by atoms with E-state index in [9.17, 15) is 24.6 Å². The zero-order chi connectivity index (χ0) is 23.3. The summed E-state index contributed by atoms with van der Waals surface area (Å²) in [5.41, 5.74) is 0.978. The molecule has 33 heavy (non-hydrogen) atoms. The number of benzene rings is 2. The van der Waals surface area contributed by atoms with E-state index in [4.69, 9.17) is 0 Å². The molecule has 0 saturated carbocycles. The molecule has 4 aromatic rings. The van der Waals surface area contributed by atoms with Crippen molar-refractivity contribution in [1.82, 2.24) is 10.2 Å². The van der Waals surface area contributed by atoms with Crippen molar-refractivity contribution in [3.8, 4) is 0 Å². The summed E-state index contributed by atoms with van der Waals surface area (Å²) in [6.07, 6.45) is 0. The van der Waals surface area contributed by atoms with Crippen molar-refractivity contribution in [2.45, 2.75) is 6.04 Å². The normalized spacial score (nSPS) is 17.7. The average Bonchev–Trinajstić information content (AvgIpc) is 3.50. The van der Waals surface area contributed by atoms with Gasteiger partial charge < -0.3 is 10.2 Å². The summed E-state index contributed by atoms with van der Waals surface area (Å²) in [7, 11) is 0. The second kappa shape index (κ2) is 7.98. The number of hydrogen-bond acceptors (Lipinski definition) is 6. The number of aromatic amines is 1. The number of aliphatic hydroxyl groups excluding tert-OH is 1. The number of carboxylic acids is 1. The van der Waals surface area contributed by atoms with Crippen molar-refractivity contribution >= 4 is 67.3 Å². The van der Waals surface area contributed by atoms with Crippen LogP contribution in [0.15, 0.2) is 70.0 Å². The van der Waals surface area contributed by atoms with Crippen LogP contribution in [0.4, 0.5) is 5.69 Å². The molecule has 2 aromatic carbocycles. The van der Waals surface area contributed by atoms with E-state index in [1.54, 1.807) is 48.5 Å². The average molecular weight is 524 g/mol. The number of rotatable bonds is 4. The highest BCUT2D eigenvalue weighted by Crippen LogP contribution is 2.45. The summed E-state index contributed by atoms with van der Waals surface area (Å²) in [5, 5.41) is 29.1. The Morgan fingerprint density at radius 2 is 1.85 bits per heavy atom. The number of anilines is 1. The number of halogens is 1. The molecule has 1 aliphatic heterocycles. The van der Waals surface area contributed by atoms with E-state index in [1.165, 1.54) is 22.3 Å². The summed E-state index contributed by atoms with van der Waals surface area (Å²) in [6.45, 7) is 0. The highest BCUT2D eigenvalue weighted by Gasteiger charge is 2.47. The Balaban J connectivity index is 1.74. The number of nitrogens with zero attached hydrogens (tertiary/aromatic N) is 2. The zero-order valence-corrected chi connectivity index (χ0v) is 19.1. The van der Waals surface area contributed by atoms with E-state index in [-0.39, 0.29) is 17.0 Å². The molecule has 0 aliphatic carbocycles. The van der Waals surface area contributed by atoms with Crippen LogP contribution in [-0.2, 0) is 9.59 Å². The molecule has 0 unspecified atom stereocenters. The number of ketones is 1. The molecule has 3 N–H and O–H groups in total. The number of fused-ring (bicyclic) bond motifs is 1. The van der Waals surface area contributed by atoms with E-state index in [1.807, 2.05) is 5.38 Å². The van der Waals surface area contributed by atoms with E-state index in [0.29, 0.717) is 27.0 Å². The smallest absolute Gasteiger partial charge is 0.357 e. The van der Waals surface area contributed by atoms with Crippen LogP contribution in [0, 0.1) is 0 Å². The fraction of sp³-hybridized carbons (Fsp3) is 0.0435. The second-order valence-corrected chi connectivity index (χ2v) is 9.17. The lowest BCUT2D eigenvalue weighted by molar-refractivity contribution is -0.132. The summed E-state index contributed by atoms with van der Waals surface area (Å²) >= 11 is 4.73. The SMILES string of the molecule is O=C1C(=O)N(c2ccc3[nH]nc(C(=O)O)c3c2)[C@@H](c2cc(Br)cs2)/C1=C(\O)c1ccccc1. The van der Waals surface area contributed by atoms with Crippen LogP contribution in [0.2, 0.25) is 0 Å². The molecule has 2 aromatic heterocycles. The number of thiophene rings is 1. The third kappa shape index (κ3) is 3.43. The topological polar surface area (TPSA) is 124 Å². The maximum Gasteiger partial charge on any atom is 0.357 e. The summed E-state index contributed by atoms with van der Waals surface area (Å²) in [6, 6.07) is 14.1. The van der Waals surface area contributed by atoms with Gasteiger partial charge in [-0.1, -0.05) is 30.3 Å². The Hall–Kier alpha value is -3.76. The van der Waals surface area contributed by atoms with Crippen molar-refractivity contribution in [2.75, 3.05) is 4.90 Å². The van der Waals surface area contributed by atoms with Gasteiger partial charge >= 0.3 is 5.97 Å². The number of aromatic carboxylic acids is 1. The number of H-pyrrole nitrogens is 1. The molecule has 0 spiro atoms. The number of carbonyl (C=O) groups excluding carboxylic acids is 2. The molecule has 10 heteroatoms. The first kappa shape index (κ1) is 21.1. The lowest BCUT2D eigenvalue weighted by Gasteiger charge is -2.24. The Morgan fingerprint density at radius 1 is 1.09 bits per heavy atom. The number of nitrogens with one attached hydrogen (secondary N) is 1. The van der Waals surface area contributed by atoms with Gasteiger partial charge in [0.2, 0.25) is 0 Å². The van der Waals surface area contributed by atoms with Gasteiger partial charge in [-0.15, -0.1) is 11.3 Å². The lowest BCUT2D eigenvalue weighted by Crippen LogP contribution is -2.29. The molecule has 164 valence electrons. The first-order chi connectivity index (χ1) is 15.9. The highest BCUT2D eigenvalue weighted by atomic mass is 79.9. The Morgan fingerprint density at radius 3 is 2.52 bits per heavy atom. The van der Waals surface area contributed by atoms with Gasteiger partial charge in [0.1, 0.15) is 11.8 Å². The van der Waals surface area contributed by atoms with E-state index < -0.39 is 23.7 Å². The zero-order valence-electron chi connectivity index (χ0n) is 16.7. The molecular weight excluding hydrogens is 510 g/mol. The summed E-state index contributed by atoms with van der Waals surface area (Å²) < 4.78 is 0.770. The van der Waals surface area contributed by atoms with Gasteiger partial charge in [0.25, 0.3) is 11.7 Å². The van der Waals surface area contributed by atoms with Gasteiger partial charge in [-0.2, -0.15) is 5.10 Å². The monoisotopic (exact) mass is 523 g/mol. The van der Waals surface area contributed by atoms with E-state index >= 15 is 0 Å². The second-order valence-electron chi connectivity index (χ2n) is 7.31. The Bertz CT molecular complexity index is 1470. The number of Topliss-reactive ketones (excluding diaryl/α,β-unsaturated/α-hetero) is 1. The minimum atomic E-state index is -1.22. The van der Waals surface area contributed by atoms with Gasteiger partial charge in [-0.05, 0) is 40.2 Å². The summed E-state index contributed by atoms with van der Waals surface area (Å²) in [4.78, 5) is 39.9. The Kier molecular flexibility index (Phi) is 5.10. The minimum Gasteiger partial charge on any atom is -0.507 e. The van der Waals surface area contributed by atoms with Gasteiger partial charge in [0.15, 0.2) is 5.69 Å². The number of hydrogen-bond donors (Lipinski definition) is 3. The largest absolute Gasteiger partial charge is 0.507 e. The number of carbonyl (C=O) groups is 3. The van der Waals surface area contributed by atoms with Crippen molar-refractivity contribution in [3.63, 3.8) is 0 Å². The predicted molar refractivity (Wildman–Crippen MR) is 126 cm³/mol. The van der Waals surface area contributed by atoms with Gasteiger partial charge in [0, 0.05) is 31.4 Å². The van der Waals surface area contributed by atoms with Crippen LogP contribution in [0.1, 0.15) is 27.0 Å². The van der Waals surface area contributed by atoms with Crippen molar-refractivity contribution in [1.29, 1.82) is 0 Å². The van der Waals surface area contributed by atoms with Crippen LogP contribution in [0.5, 0.6) is 0 Å². The fourth-order valence-electron chi connectivity index (χ4n) is 3.91. The molecule has 8 nitrogen and oxygen atoms in total. The fourth-order valence-corrected chi connectivity index (χ4v) is 5.45. The Labute approximate surface area is 198 Å². The third-order valence-corrected chi connectivity index (χ3v) is 7.12. The van der Waals surface area contributed by atoms with Crippen molar-refractivity contribution in [2.24, 2.45) is 0 Å². The van der Waals surface area contributed by atoms with E-state index in [2.05, 4.69) is 26.1 Å². The first-order valence-electron chi connectivity index (χ1n) is 9.68. The first-order valence-corrected chi connectivity index (χ1v) is 11.4. The predicted octanol–water partition coefficient (Wildman–Crippen LogP) is 4.71. The molecule has 1 amide bonds. The van der Waals surface area contributed by atoms with Crippen molar-refractivity contribution in [3.05, 3.63) is 86.2 Å². The number of aromatic nitrogens is 2. The minimum absolute atomic E-state index is 0.0358. The third-order valence-electron chi connectivity index (χ3n) is 5.38. The standard InChI is InChI=1S/C23H14BrN3O5S/c24-12-8-16(33-10-12)19-17(20(28)11-4-2-1-3-5-11)21(29)22(30)27(19)13-6-7-15-14(9-13)18(23(31)32)26-25-15/h1-10,19,28H,(H,25,26)(H,31,32)/b20-17+/t19-/m0/s1. The maximum atomic E-state index is 13.2. The maximum absolute atomic E-state index is 13.2. The molecule has 0 bridgehead atoms. The van der Waals surface area contributed by atoms with Crippen molar-refractivity contribution < 1.29 is 24.6 Å². The van der Waals surface area contributed by atoms with Gasteiger partial charge in [0.05, 0.1) is 11.1 Å². The molecule has 0 radical (unpaired) electrons. The molecule has 5 rings (SSSR count). The molecule has 3 heterocycles. The number of aliphatic hydroxyl groups is 1. The number of amides is 1.